The number of alkyl carbamates (subject to hydrolysis) is 1. The second-order valence-corrected chi connectivity index (χ2v) is 6.74. The van der Waals surface area contributed by atoms with E-state index >= 15 is 0 Å². The van der Waals surface area contributed by atoms with Gasteiger partial charge in [0.1, 0.15) is 17.2 Å². The van der Waals surface area contributed by atoms with Crippen LogP contribution in [0, 0.1) is 0 Å². The number of carbonyl (C=O) groups is 3. The van der Waals surface area contributed by atoms with E-state index in [0.29, 0.717) is 0 Å². The van der Waals surface area contributed by atoms with Crippen LogP contribution in [0.5, 0.6) is 0 Å². The average molecular weight is 304 g/mol. The van der Waals surface area contributed by atoms with Crippen molar-refractivity contribution >= 4 is 18.0 Å². The van der Waals surface area contributed by atoms with Gasteiger partial charge in [-0.2, -0.15) is 0 Å². The van der Waals surface area contributed by atoms with Crippen molar-refractivity contribution in [3.8, 4) is 0 Å². The summed E-state index contributed by atoms with van der Waals surface area (Å²) >= 11 is 0. The molecule has 122 valence electrons. The summed E-state index contributed by atoms with van der Waals surface area (Å²) in [5.74, 6) is -1.19. The van der Waals surface area contributed by atoms with Crippen molar-refractivity contribution in [1.82, 2.24) is 5.32 Å². The van der Waals surface area contributed by atoms with E-state index in [1.807, 2.05) is 0 Å². The number of rotatable bonds is 5. The molecule has 0 unspecified atom stereocenters. The van der Waals surface area contributed by atoms with Crippen LogP contribution in [0.1, 0.15) is 54.4 Å². The summed E-state index contributed by atoms with van der Waals surface area (Å²) in [5.41, 5.74) is 3.68. The van der Waals surface area contributed by atoms with E-state index in [1.165, 1.54) is 0 Å². The minimum Gasteiger partial charge on any atom is -0.458 e. The topological polar surface area (TPSA) is 108 Å². The van der Waals surface area contributed by atoms with Crippen LogP contribution in [0.2, 0.25) is 0 Å². The molecule has 0 radical (unpaired) electrons. The molecular formula is C14H26N2O5. The number of nitrogens with one attached hydrogen (secondary N) is 1. The molecule has 1 atom stereocenters. The van der Waals surface area contributed by atoms with E-state index < -0.39 is 35.2 Å². The van der Waals surface area contributed by atoms with E-state index in [-0.39, 0.29) is 12.8 Å². The first-order valence-electron chi connectivity index (χ1n) is 6.81. The fraction of sp³-hybridized carbons (Fsp3) is 0.786. The molecule has 21 heavy (non-hydrogen) atoms. The van der Waals surface area contributed by atoms with Crippen molar-refractivity contribution in [2.75, 3.05) is 0 Å². The van der Waals surface area contributed by atoms with Gasteiger partial charge in [-0.3, -0.25) is 4.79 Å². The SMILES string of the molecule is CC(C)(C)OC(=O)N[C@@H](CC[13C]([15NH2])=O)C(=O)OC(C)(C)C. The van der Waals surface area contributed by atoms with Crippen LogP contribution in [0.4, 0.5) is 4.79 Å². The maximum atomic E-state index is 12.0. The molecular weight excluding hydrogens is 278 g/mol. The molecule has 0 fully saturated rings. The fourth-order valence-corrected chi connectivity index (χ4v) is 1.36. The maximum absolute atomic E-state index is 12.0. The number of hydrogen-bond acceptors (Lipinski definition) is 5. The first-order valence-corrected chi connectivity index (χ1v) is 6.81. The highest BCUT2D eigenvalue weighted by Crippen LogP contribution is 2.12. The van der Waals surface area contributed by atoms with E-state index in [4.69, 9.17) is 15.2 Å². The number of carbonyl (C=O) groups excluding carboxylic acids is 3. The molecule has 0 aromatic rings. The Morgan fingerprint density at radius 2 is 1.48 bits per heavy atom. The molecule has 7 heteroatoms. The van der Waals surface area contributed by atoms with E-state index in [2.05, 4.69) is 5.32 Å². The molecule has 0 saturated carbocycles. The smallest absolute Gasteiger partial charge is 0.408 e. The predicted octanol–water partition coefficient (Wildman–Crippen LogP) is 1.49. The Balaban J connectivity index is 4.77. The van der Waals surface area contributed by atoms with Crippen molar-refractivity contribution < 1.29 is 23.9 Å². The Morgan fingerprint density at radius 1 is 1.00 bits per heavy atom. The van der Waals surface area contributed by atoms with Crippen LogP contribution in [-0.2, 0) is 19.1 Å². The number of primary amides is 1. The van der Waals surface area contributed by atoms with E-state index in [1.54, 1.807) is 41.5 Å². The van der Waals surface area contributed by atoms with Gasteiger partial charge in [-0.1, -0.05) is 0 Å². The fourth-order valence-electron chi connectivity index (χ4n) is 1.36. The molecule has 0 heterocycles. The number of esters is 1. The molecule has 0 aliphatic rings. The molecule has 0 spiro atoms. The standard InChI is InChI=1S/C14H26N2O5/c1-13(2,3)20-11(18)9(7-8-10(15)17)16-12(19)21-14(4,5)6/h9H,7-8H2,1-6H3,(H2,15,17)(H,16,19)/t9-/m0/s1/i10+1,15+1. The molecule has 0 aromatic carbocycles. The molecule has 0 rings (SSSR count). The third-order valence-corrected chi connectivity index (χ3v) is 2.06. The monoisotopic (exact) mass is 304 g/mol. The van der Waals surface area contributed by atoms with Gasteiger partial charge in [0.15, 0.2) is 0 Å². The molecule has 0 aliphatic carbocycles. The van der Waals surface area contributed by atoms with Crippen molar-refractivity contribution in [1.29, 1.82) is 0 Å². The minimum atomic E-state index is -0.980. The number of amides is 2. The van der Waals surface area contributed by atoms with Gasteiger partial charge < -0.3 is 20.5 Å². The van der Waals surface area contributed by atoms with E-state index in [0.717, 1.165) is 0 Å². The second kappa shape index (κ2) is 7.28. The summed E-state index contributed by atoms with van der Waals surface area (Å²) in [4.78, 5) is 34.6. The minimum absolute atomic E-state index is 0.0420. The van der Waals surface area contributed by atoms with Gasteiger partial charge in [-0.05, 0) is 48.0 Å². The Hall–Kier alpha value is -1.79. The van der Waals surface area contributed by atoms with Crippen LogP contribution < -0.4 is 11.1 Å². The molecule has 7 nitrogen and oxygen atoms in total. The van der Waals surface area contributed by atoms with Crippen LogP contribution >= 0.6 is 0 Å². The van der Waals surface area contributed by atoms with Crippen LogP contribution in [0.15, 0.2) is 0 Å². The Morgan fingerprint density at radius 3 is 1.86 bits per heavy atom. The number of ether oxygens (including phenoxy) is 2. The van der Waals surface area contributed by atoms with Crippen LogP contribution in [-0.4, -0.2) is 35.2 Å². The van der Waals surface area contributed by atoms with Crippen molar-refractivity contribution in [2.24, 2.45) is 5.73 Å². The lowest BCUT2D eigenvalue weighted by atomic mass is 10.1. The zero-order chi connectivity index (χ0) is 16.8. The Labute approximate surface area is 125 Å². The predicted molar refractivity (Wildman–Crippen MR) is 77.4 cm³/mol. The van der Waals surface area contributed by atoms with Crippen molar-refractivity contribution in [3.05, 3.63) is 0 Å². The van der Waals surface area contributed by atoms with Gasteiger partial charge in [-0.15, -0.1) is 0 Å². The second-order valence-electron chi connectivity index (χ2n) is 6.74. The van der Waals surface area contributed by atoms with Gasteiger partial charge in [0.2, 0.25) is 5.91 Å². The first kappa shape index (κ1) is 19.2. The van der Waals surface area contributed by atoms with Crippen LogP contribution in [0.25, 0.3) is 0 Å². The first-order chi connectivity index (χ1) is 9.30. The van der Waals surface area contributed by atoms with Crippen molar-refractivity contribution in [2.45, 2.75) is 71.6 Å². The molecule has 0 saturated heterocycles. The Bertz CT molecular complexity index is 393. The van der Waals surface area contributed by atoms with Gasteiger partial charge >= 0.3 is 12.1 Å². The number of hydrogen-bond donors (Lipinski definition) is 2. The molecule has 2 amide bonds. The molecule has 3 N–H and O–H groups in total. The summed E-state index contributed by atoms with van der Waals surface area (Å²) in [6.45, 7) is 10.3. The summed E-state index contributed by atoms with van der Waals surface area (Å²) in [5, 5.41) is 2.41. The summed E-state index contributed by atoms with van der Waals surface area (Å²) in [7, 11) is 0. The number of nitrogens with two attached hydrogens (primary N) is 1. The average Bonchev–Trinajstić information content (AvgIpc) is 2.18. The maximum Gasteiger partial charge on any atom is 0.408 e. The highest BCUT2D eigenvalue weighted by molar-refractivity contribution is 5.82. The quantitative estimate of drug-likeness (QED) is 0.454. The van der Waals surface area contributed by atoms with Gasteiger partial charge in [0, 0.05) is 6.42 Å². The van der Waals surface area contributed by atoms with Gasteiger partial charge in [0.25, 0.3) is 0 Å². The normalized spacial score (nSPS) is 13.2. The highest BCUT2D eigenvalue weighted by atomic mass is 16.6. The third-order valence-electron chi connectivity index (χ3n) is 2.06. The van der Waals surface area contributed by atoms with Crippen LogP contribution in [0.3, 0.4) is 0 Å². The Kier molecular flexibility index (Phi) is 6.66. The van der Waals surface area contributed by atoms with Gasteiger partial charge in [-0.25, -0.2) is 9.59 Å². The van der Waals surface area contributed by atoms with E-state index in [9.17, 15) is 14.4 Å². The molecule has 0 aliphatic heterocycles. The largest absolute Gasteiger partial charge is 0.458 e. The summed E-state index contributed by atoms with van der Waals surface area (Å²) < 4.78 is 10.3. The summed E-state index contributed by atoms with van der Waals surface area (Å²) in [6, 6.07) is -0.980. The lowest BCUT2D eigenvalue weighted by molar-refractivity contribution is -0.157. The molecule has 0 aromatic heterocycles. The lowest BCUT2D eigenvalue weighted by Gasteiger charge is -2.26. The van der Waals surface area contributed by atoms with Crippen molar-refractivity contribution in [3.63, 3.8) is 0 Å². The van der Waals surface area contributed by atoms with Gasteiger partial charge in [0.05, 0.1) is 0 Å². The zero-order valence-electron chi connectivity index (χ0n) is 13.6. The third kappa shape index (κ3) is 10.6. The highest BCUT2D eigenvalue weighted by Gasteiger charge is 2.28. The zero-order valence-corrected chi connectivity index (χ0v) is 13.6. The molecule has 0 bridgehead atoms. The summed E-state index contributed by atoms with van der Waals surface area (Å²) in [6.07, 6.45) is -0.730. The lowest BCUT2D eigenvalue weighted by Crippen LogP contribution is -2.46.